The molecule has 1 aromatic carbocycles. The summed E-state index contributed by atoms with van der Waals surface area (Å²) in [6, 6.07) is 1.28. The number of halogens is 2. The largest absolute Gasteiger partial charge is 0.507 e. The lowest BCUT2D eigenvalue weighted by atomic mass is 10.1. The van der Waals surface area contributed by atoms with Gasteiger partial charge in [-0.2, -0.15) is 0 Å². The minimum Gasteiger partial charge on any atom is -0.507 e. The van der Waals surface area contributed by atoms with Crippen LogP contribution in [0.1, 0.15) is 5.56 Å². The SMILES string of the molecule is O=[N+]([O-])c1cc(CCl)c(O)c2c(Cl)csc12. The molecule has 1 heterocycles. The summed E-state index contributed by atoms with van der Waals surface area (Å²) in [6.07, 6.45) is 0. The van der Waals surface area contributed by atoms with Crippen molar-refractivity contribution >= 4 is 50.3 Å². The van der Waals surface area contributed by atoms with E-state index in [1.54, 1.807) is 5.38 Å². The van der Waals surface area contributed by atoms with Gasteiger partial charge in [0, 0.05) is 17.0 Å². The lowest BCUT2D eigenvalue weighted by Crippen LogP contribution is -1.91. The first-order valence-electron chi connectivity index (χ1n) is 4.18. The number of thiophene rings is 1. The second kappa shape index (κ2) is 4.08. The van der Waals surface area contributed by atoms with Crippen molar-refractivity contribution in [3.8, 4) is 5.75 Å². The molecule has 0 amide bonds. The maximum absolute atomic E-state index is 10.8. The molecule has 1 aromatic heterocycles. The minimum atomic E-state index is -0.509. The Morgan fingerprint density at radius 1 is 1.56 bits per heavy atom. The number of phenolic OH excluding ortho intramolecular Hbond substituents is 1. The summed E-state index contributed by atoms with van der Waals surface area (Å²) in [6.45, 7) is 0. The molecule has 0 atom stereocenters. The number of aromatic hydroxyl groups is 1. The Labute approximate surface area is 104 Å². The Morgan fingerprint density at radius 3 is 2.81 bits per heavy atom. The number of phenols is 1. The van der Waals surface area contributed by atoms with Gasteiger partial charge in [-0.25, -0.2) is 0 Å². The molecule has 0 aliphatic carbocycles. The first-order valence-corrected chi connectivity index (χ1v) is 5.97. The summed E-state index contributed by atoms with van der Waals surface area (Å²) in [5.41, 5.74) is 0.224. The van der Waals surface area contributed by atoms with Gasteiger partial charge in [0.2, 0.25) is 0 Å². The van der Waals surface area contributed by atoms with E-state index >= 15 is 0 Å². The first-order chi connectivity index (χ1) is 7.56. The Balaban J connectivity index is 2.92. The van der Waals surface area contributed by atoms with Crippen molar-refractivity contribution in [3.63, 3.8) is 0 Å². The Kier molecular flexibility index (Phi) is 2.92. The normalized spacial score (nSPS) is 10.9. The van der Waals surface area contributed by atoms with Gasteiger partial charge in [-0.1, -0.05) is 11.6 Å². The summed E-state index contributed by atoms with van der Waals surface area (Å²) in [5.74, 6) is -0.0868. The zero-order valence-electron chi connectivity index (χ0n) is 7.74. The van der Waals surface area contributed by atoms with Crippen molar-refractivity contribution in [3.05, 3.63) is 32.1 Å². The van der Waals surface area contributed by atoms with Gasteiger partial charge >= 0.3 is 0 Å². The van der Waals surface area contributed by atoms with E-state index in [1.165, 1.54) is 6.07 Å². The third-order valence-corrected chi connectivity index (χ3v) is 3.89. The number of nitro groups is 1. The first kappa shape index (κ1) is 11.4. The van der Waals surface area contributed by atoms with Gasteiger partial charge in [0.15, 0.2) is 0 Å². The quantitative estimate of drug-likeness (QED) is 0.514. The van der Waals surface area contributed by atoms with Gasteiger partial charge in [0.1, 0.15) is 10.4 Å². The van der Waals surface area contributed by atoms with Crippen LogP contribution in [-0.2, 0) is 5.88 Å². The molecule has 0 fully saturated rings. The molecule has 0 unspecified atom stereocenters. The molecule has 0 saturated heterocycles. The number of rotatable bonds is 2. The number of fused-ring (bicyclic) bond motifs is 1. The molecule has 7 heteroatoms. The maximum Gasteiger partial charge on any atom is 0.287 e. The van der Waals surface area contributed by atoms with Crippen LogP contribution in [-0.4, -0.2) is 10.0 Å². The third-order valence-electron chi connectivity index (χ3n) is 2.17. The summed E-state index contributed by atoms with van der Waals surface area (Å²) in [7, 11) is 0. The average molecular weight is 278 g/mol. The smallest absolute Gasteiger partial charge is 0.287 e. The molecule has 84 valence electrons. The second-order valence-electron chi connectivity index (χ2n) is 3.08. The number of hydrogen-bond donors (Lipinski definition) is 1. The lowest BCUT2D eigenvalue weighted by Gasteiger charge is -2.03. The summed E-state index contributed by atoms with van der Waals surface area (Å²) in [4.78, 5) is 10.3. The molecule has 1 N–H and O–H groups in total. The van der Waals surface area contributed by atoms with E-state index in [4.69, 9.17) is 23.2 Å². The van der Waals surface area contributed by atoms with Gasteiger partial charge in [-0.3, -0.25) is 10.1 Å². The van der Waals surface area contributed by atoms with E-state index in [9.17, 15) is 15.2 Å². The van der Waals surface area contributed by atoms with Crippen LogP contribution in [0.15, 0.2) is 11.4 Å². The average Bonchev–Trinajstić information content (AvgIpc) is 2.61. The van der Waals surface area contributed by atoms with E-state index in [2.05, 4.69) is 0 Å². The van der Waals surface area contributed by atoms with E-state index in [0.29, 0.717) is 20.7 Å². The monoisotopic (exact) mass is 277 g/mol. The number of non-ortho nitro benzene ring substituents is 1. The van der Waals surface area contributed by atoms with Gasteiger partial charge in [-0.05, 0) is 0 Å². The van der Waals surface area contributed by atoms with Crippen LogP contribution in [0.4, 0.5) is 5.69 Å². The Bertz CT molecular complexity index is 582. The molecule has 0 aliphatic rings. The van der Waals surface area contributed by atoms with Crippen LogP contribution in [0.2, 0.25) is 5.02 Å². The third kappa shape index (κ3) is 1.61. The predicted molar refractivity (Wildman–Crippen MR) is 64.7 cm³/mol. The van der Waals surface area contributed by atoms with Gasteiger partial charge < -0.3 is 5.11 Å². The topological polar surface area (TPSA) is 63.4 Å². The predicted octanol–water partition coefficient (Wildman–Crippen LogP) is 3.91. The highest BCUT2D eigenvalue weighted by Crippen LogP contribution is 2.44. The lowest BCUT2D eigenvalue weighted by molar-refractivity contribution is -0.382. The summed E-state index contributed by atoms with van der Waals surface area (Å²) >= 11 is 12.6. The van der Waals surface area contributed by atoms with E-state index in [1.807, 2.05) is 0 Å². The summed E-state index contributed by atoms with van der Waals surface area (Å²) < 4.78 is 0.362. The van der Waals surface area contributed by atoms with Crippen LogP contribution >= 0.6 is 34.5 Å². The molecule has 2 aromatic rings. The zero-order chi connectivity index (χ0) is 11.9. The van der Waals surface area contributed by atoms with Crippen molar-refractivity contribution in [1.29, 1.82) is 0 Å². The Hall–Kier alpha value is -1.04. The molecular formula is C9H5Cl2NO3S. The number of benzene rings is 1. The van der Waals surface area contributed by atoms with Crippen molar-refractivity contribution in [2.75, 3.05) is 0 Å². The molecule has 0 bridgehead atoms. The number of nitro benzene ring substituents is 1. The molecule has 0 radical (unpaired) electrons. The van der Waals surface area contributed by atoms with Crippen LogP contribution in [0, 0.1) is 10.1 Å². The zero-order valence-corrected chi connectivity index (χ0v) is 10.1. The number of alkyl halides is 1. The fraction of sp³-hybridized carbons (Fsp3) is 0.111. The van der Waals surface area contributed by atoms with E-state index < -0.39 is 4.92 Å². The highest BCUT2D eigenvalue weighted by molar-refractivity contribution is 7.18. The van der Waals surface area contributed by atoms with Crippen LogP contribution in [0.25, 0.3) is 10.1 Å². The molecule has 0 saturated carbocycles. The van der Waals surface area contributed by atoms with Crippen molar-refractivity contribution in [2.24, 2.45) is 0 Å². The number of hydrogen-bond acceptors (Lipinski definition) is 4. The van der Waals surface area contributed by atoms with Crippen molar-refractivity contribution in [2.45, 2.75) is 5.88 Å². The van der Waals surface area contributed by atoms with Gasteiger partial charge in [0.25, 0.3) is 5.69 Å². The molecule has 0 spiro atoms. The fourth-order valence-electron chi connectivity index (χ4n) is 1.44. The van der Waals surface area contributed by atoms with Crippen LogP contribution in [0.3, 0.4) is 0 Å². The standard InChI is InChI=1S/C9H5Cl2NO3S/c10-2-4-1-6(12(14)15)9-7(8(4)13)5(11)3-16-9/h1,3,13H,2H2. The van der Waals surface area contributed by atoms with Crippen molar-refractivity contribution < 1.29 is 10.0 Å². The molecule has 16 heavy (non-hydrogen) atoms. The summed E-state index contributed by atoms with van der Waals surface area (Å²) in [5, 5.41) is 22.8. The van der Waals surface area contributed by atoms with E-state index in [-0.39, 0.29) is 17.3 Å². The molecule has 4 nitrogen and oxygen atoms in total. The van der Waals surface area contributed by atoms with E-state index in [0.717, 1.165) is 11.3 Å². The minimum absolute atomic E-state index is 0.00517. The number of nitrogens with zero attached hydrogens (tertiary/aromatic N) is 1. The maximum atomic E-state index is 10.8. The highest BCUT2D eigenvalue weighted by atomic mass is 35.5. The second-order valence-corrected chi connectivity index (χ2v) is 4.64. The van der Waals surface area contributed by atoms with Crippen LogP contribution < -0.4 is 0 Å². The van der Waals surface area contributed by atoms with Gasteiger partial charge in [-0.15, -0.1) is 22.9 Å². The fourth-order valence-corrected chi connectivity index (χ4v) is 2.94. The molecule has 2 rings (SSSR count). The van der Waals surface area contributed by atoms with Crippen LogP contribution in [0.5, 0.6) is 5.75 Å². The highest BCUT2D eigenvalue weighted by Gasteiger charge is 2.21. The van der Waals surface area contributed by atoms with Gasteiger partial charge in [0.05, 0.1) is 21.2 Å². The Morgan fingerprint density at radius 2 is 2.25 bits per heavy atom. The van der Waals surface area contributed by atoms with Crippen molar-refractivity contribution in [1.82, 2.24) is 0 Å². The molecular weight excluding hydrogens is 273 g/mol. The molecule has 0 aliphatic heterocycles.